The summed E-state index contributed by atoms with van der Waals surface area (Å²) in [6, 6.07) is 4.30. The van der Waals surface area contributed by atoms with Gasteiger partial charge in [-0.1, -0.05) is 26.0 Å². The van der Waals surface area contributed by atoms with Crippen molar-refractivity contribution in [1.82, 2.24) is 14.9 Å². The number of thioether (sulfide) groups is 1. The Morgan fingerprint density at radius 2 is 1.93 bits per heavy atom. The summed E-state index contributed by atoms with van der Waals surface area (Å²) in [6.45, 7) is 7.53. The molecule has 170 valence electrons. The van der Waals surface area contributed by atoms with Crippen LogP contribution in [0.15, 0.2) is 29.2 Å². The fraction of sp³-hybridized carbons (Fsp3) is 0.650. The predicted octanol–water partition coefficient (Wildman–Crippen LogP) is 1.70. The molecule has 0 saturated carbocycles. The Balaban J connectivity index is 2.07. The third-order valence-corrected chi connectivity index (χ3v) is 7.27. The van der Waals surface area contributed by atoms with Gasteiger partial charge in [0.1, 0.15) is 16.8 Å². The quantitative estimate of drug-likeness (QED) is 0.522. The molecule has 1 aliphatic heterocycles. The lowest BCUT2D eigenvalue weighted by molar-refractivity contribution is -0.123. The van der Waals surface area contributed by atoms with E-state index in [9.17, 15) is 17.6 Å². The highest BCUT2D eigenvalue weighted by atomic mass is 32.2. The Bertz CT molecular complexity index is 786. The maximum atomic E-state index is 14.0. The highest BCUT2D eigenvalue weighted by Crippen LogP contribution is 2.16. The van der Waals surface area contributed by atoms with Gasteiger partial charge in [0.2, 0.25) is 15.9 Å². The minimum atomic E-state index is -4.16. The summed E-state index contributed by atoms with van der Waals surface area (Å²) < 4.78 is 47.1. The maximum Gasteiger partial charge on any atom is 0.244 e. The first-order valence-electron chi connectivity index (χ1n) is 10.1. The number of benzene rings is 1. The second-order valence-electron chi connectivity index (χ2n) is 7.59. The molecule has 0 bridgehead atoms. The van der Waals surface area contributed by atoms with Gasteiger partial charge in [0, 0.05) is 25.7 Å². The molecular weight excluding hydrogens is 429 g/mol. The maximum absolute atomic E-state index is 14.0. The van der Waals surface area contributed by atoms with Crippen LogP contribution < -0.4 is 10.0 Å². The molecule has 1 aromatic carbocycles. The molecule has 1 aromatic rings. The number of rotatable bonds is 11. The summed E-state index contributed by atoms with van der Waals surface area (Å²) in [5.41, 5.74) is 0. The van der Waals surface area contributed by atoms with Crippen LogP contribution in [0.3, 0.4) is 0 Å². The van der Waals surface area contributed by atoms with Gasteiger partial charge < -0.3 is 10.1 Å². The van der Waals surface area contributed by atoms with Gasteiger partial charge in [0.05, 0.1) is 13.2 Å². The van der Waals surface area contributed by atoms with E-state index in [1.807, 2.05) is 6.26 Å². The van der Waals surface area contributed by atoms with Gasteiger partial charge in [0.25, 0.3) is 0 Å². The standard InChI is InChI=1S/C20H32FN3O4S2/c1-15(2)18(24-9-11-28-12-10-24)14-22-20(25)17(8-13-29-3)23-30(26,27)19-7-5-4-6-16(19)21/h4-7,15,17-18,23H,8-14H2,1-3H3,(H,22,25). The van der Waals surface area contributed by atoms with Crippen LogP contribution in [0.2, 0.25) is 0 Å². The molecule has 0 radical (unpaired) electrons. The zero-order valence-corrected chi connectivity index (χ0v) is 19.4. The number of nitrogens with one attached hydrogen (secondary N) is 2. The summed E-state index contributed by atoms with van der Waals surface area (Å²) in [6.07, 6.45) is 2.19. The molecule has 2 atom stereocenters. The van der Waals surface area contributed by atoms with Gasteiger partial charge in [-0.25, -0.2) is 12.8 Å². The van der Waals surface area contributed by atoms with Crippen LogP contribution in [0.1, 0.15) is 20.3 Å². The SMILES string of the molecule is CSCCC(NS(=O)(=O)c1ccccc1F)C(=O)NCC(C(C)C)N1CCOCC1. The minimum absolute atomic E-state index is 0.127. The molecule has 2 unspecified atom stereocenters. The average Bonchev–Trinajstić information content (AvgIpc) is 2.71. The first kappa shape index (κ1) is 25.1. The molecule has 1 heterocycles. The normalized spacial score (nSPS) is 17.6. The van der Waals surface area contributed by atoms with Gasteiger partial charge in [-0.05, 0) is 36.5 Å². The summed E-state index contributed by atoms with van der Waals surface area (Å²) in [7, 11) is -4.16. The van der Waals surface area contributed by atoms with Crippen molar-refractivity contribution in [3.8, 4) is 0 Å². The topological polar surface area (TPSA) is 87.7 Å². The Labute approximate surface area is 183 Å². The van der Waals surface area contributed by atoms with Crippen LogP contribution in [0, 0.1) is 11.7 Å². The van der Waals surface area contributed by atoms with Gasteiger partial charge in [-0.3, -0.25) is 9.69 Å². The molecule has 30 heavy (non-hydrogen) atoms. The van der Waals surface area contributed by atoms with Crippen molar-refractivity contribution < 1.29 is 22.3 Å². The Hall–Kier alpha value is -1.20. The largest absolute Gasteiger partial charge is 0.379 e. The van der Waals surface area contributed by atoms with E-state index in [0.717, 1.165) is 19.2 Å². The molecule has 1 amide bonds. The second-order valence-corrected chi connectivity index (χ2v) is 10.3. The molecule has 0 aliphatic carbocycles. The van der Waals surface area contributed by atoms with Crippen LogP contribution in [-0.2, 0) is 19.6 Å². The highest BCUT2D eigenvalue weighted by Gasteiger charge is 2.29. The van der Waals surface area contributed by atoms with Crippen LogP contribution >= 0.6 is 11.8 Å². The number of ether oxygens (including phenoxy) is 1. The first-order chi connectivity index (χ1) is 14.3. The number of carbonyl (C=O) groups excluding carboxylic acids is 1. The zero-order chi connectivity index (χ0) is 22.1. The van der Waals surface area contributed by atoms with Crippen LogP contribution in [0.5, 0.6) is 0 Å². The molecule has 0 spiro atoms. The molecule has 1 fully saturated rings. The summed E-state index contributed by atoms with van der Waals surface area (Å²) in [5, 5.41) is 2.91. The highest BCUT2D eigenvalue weighted by molar-refractivity contribution is 7.98. The van der Waals surface area contributed by atoms with Crippen molar-refractivity contribution in [2.45, 2.75) is 37.2 Å². The average molecular weight is 462 g/mol. The van der Waals surface area contributed by atoms with E-state index in [2.05, 4.69) is 28.8 Å². The first-order valence-corrected chi connectivity index (χ1v) is 13.0. The lowest BCUT2D eigenvalue weighted by Crippen LogP contribution is -2.54. The van der Waals surface area contributed by atoms with Crippen molar-refractivity contribution in [3.05, 3.63) is 30.1 Å². The van der Waals surface area contributed by atoms with E-state index in [1.165, 1.54) is 30.0 Å². The van der Waals surface area contributed by atoms with E-state index in [1.54, 1.807) is 0 Å². The molecule has 10 heteroatoms. The van der Waals surface area contributed by atoms with Gasteiger partial charge in [-0.2, -0.15) is 16.5 Å². The summed E-state index contributed by atoms with van der Waals surface area (Å²) in [4.78, 5) is 14.7. The van der Waals surface area contributed by atoms with Crippen molar-refractivity contribution in [2.75, 3.05) is 44.9 Å². The fourth-order valence-electron chi connectivity index (χ4n) is 3.42. The lowest BCUT2D eigenvalue weighted by atomic mass is 10.0. The van der Waals surface area contributed by atoms with Crippen molar-refractivity contribution in [2.24, 2.45) is 5.92 Å². The van der Waals surface area contributed by atoms with Crippen LogP contribution in [0.4, 0.5) is 4.39 Å². The molecule has 1 saturated heterocycles. The van der Waals surface area contributed by atoms with Gasteiger partial charge >= 0.3 is 0 Å². The van der Waals surface area contributed by atoms with Crippen molar-refractivity contribution >= 4 is 27.7 Å². The van der Waals surface area contributed by atoms with Crippen LogP contribution in [0.25, 0.3) is 0 Å². The fourth-order valence-corrected chi connectivity index (χ4v) is 5.20. The van der Waals surface area contributed by atoms with E-state index in [4.69, 9.17) is 4.74 Å². The Morgan fingerprint density at radius 1 is 1.27 bits per heavy atom. The predicted molar refractivity (Wildman–Crippen MR) is 118 cm³/mol. The molecule has 7 nitrogen and oxygen atoms in total. The van der Waals surface area contributed by atoms with Crippen molar-refractivity contribution in [3.63, 3.8) is 0 Å². The molecule has 2 N–H and O–H groups in total. The third kappa shape index (κ3) is 7.19. The molecule has 1 aliphatic rings. The smallest absolute Gasteiger partial charge is 0.244 e. The minimum Gasteiger partial charge on any atom is -0.379 e. The number of nitrogens with zero attached hydrogens (tertiary/aromatic N) is 1. The summed E-state index contributed by atoms with van der Waals surface area (Å²) in [5.74, 6) is -0.346. The third-order valence-electron chi connectivity index (χ3n) is 5.12. The van der Waals surface area contributed by atoms with E-state index >= 15 is 0 Å². The monoisotopic (exact) mass is 461 g/mol. The second kappa shape index (κ2) is 12.0. The van der Waals surface area contributed by atoms with E-state index in [0.29, 0.717) is 37.9 Å². The van der Waals surface area contributed by atoms with E-state index < -0.39 is 32.7 Å². The number of halogens is 1. The Morgan fingerprint density at radius 3 is 2.53 bits per heavy atom. The molecule has 0 aromatic heterocycles. The van der Waals surface area contributed by atoms with E-state index in [-0.39, 0.29) is 6.04 Å². The number of hydrogen-bond acceptors (Lipinski definition) is 6. The lowest BCUT2D eigenvalue weighted by Gasteiger charge is -2.37. The Kier molecular flexibility index (Phi) is 10.0. The zero-order valence-electron chi connectivity index (χ0n) is 17.8. The number of amides is 1. The number of morpholine rings is 1. The molecule has 2 rings (SSSR count). The number of carbonyl (C=O) groups is 1. The van der Waals surface area contributed by atoms with Gasteiger partial charge in [0.15, 0.2) is 0 Å². The van der Waals surface area contributed by atoms with Crippen LogP contribution in [-0.4, -0.2) is 76.2 Å². The number of sulfonamides is 1. The molecular formula is C20H32FN3O4S2. The van der Waals surface area contributed by atoms with Gasteiger partial charge in [-0.15, -0.1) is 0 Å². The van der Waals surface area contributed by atoms with Crippen molar-refractivity contribution in [1.29, 1.82) is 0 Å². The summed E-state index contributed by atoms with van der Waals surface area (Å²) >= 11 is 1.51. The number of hydrogen-bond donors (Lipinski definition) is 2.